The molecule has 0 amide bonds. The average molecular weight is 289 g/mol. The van der Waals surface area contributed by atoms with Crippen LogP contribution >= 0.6 is 0 Å². The molecule has 1 aromatic rings. The van der Waals surface area contributed by atoms with Crippen molar-refractivity contribution in [2.45, 2.75) is 57.1 Å². The van der Waals surface area contributed by atoms with Crippen LogP contribution in [-0.2, 0) is 11.2 Å². The van der Waals surface area contributed by atoms with Gasteiger partial charge in [-0.25, -0.2) is 0 Å². The summed E-state index contributed by atoms with van der Waals surface area (Å²) in [5.74, 6) is 1.11. The van der Waals surface area contributed by atoms with Crippen molar-refractivity contribution in [3.05, 3.63) is 29.3 Å². The van der Waals surface area contributed by atoms with Gasteiger partial charge in [-0.15, -0.1) is 0 Å². The van der Waals surface area contributed by atoms with E-state index in [0.717, 1.165) is 51.0 Å². The molecular weight excluding hydrogens is 262 g/mol. The summed E-state index contributed by atoms with van der Waals surface area (Å²) in [6.45, 7) is 4.06. The number of ether oxygens (including phenoxy) is 2. The van der Waals surface area contributed by atoms with Gasteiger partial charge in [0.05, 0.1) is 18.2 Å². The number of hydrogen-bond acceptors (Lipinski definition) is 3. The first-order valence-corrected chi connectivity index (χ1v) is 8.34. The van der Waals surface area contributed by atoms with E-state index < -0.39 is 0 Å². The van der Waals surface area contributed by atoms with Crippen LogP contribution in [0.25, 0.3) is 0 Å². The van der Waals surface area contributed by atoms with Gasteiger partial charge >= 0.3 is 0 Å². The van der Waals surface area contributed by atoms with Crippen molar-refractivity contribution in [1.82, 2.24) is 5.32 Å². The van der Waals surface area contributed by atoms with E-state index in [-0.39, 0.29) is 11.6 Å². The number of hydrogen-bond donors (Lipinski definition) is 1. The van der Waals surface area contributed by atoms with E-state index in [9.17, 15) is 0 Å². The van der Waals surface area contributed by atoms with E-state index in [1.807, 2.05) is 7.11 Å². The first kappa shape index (κ1) is 14.9. The van der Waals surface area contributed by atoms with Crippen LogP contribution in [0.3, 0.4) is 0 Å². The Morgan fingerprint density at radius 3 is 2.86 bits per heavy atom. The van der Waals surface area contributed by atoms with Crippen molar-refractivity contribution >= 4 is 0 Å². The number of fused-ring (bicyclic) bond motifs is 1. The number of nitrogens with one attached hydrogen (secondary N) is 1. The molecule has 1 aliphatic heterocycles. The minimum absolute atomic E-state index is 0.0505. The molecule has 1 atom stereocenters. The molecule has 116 valence electrons. The smallest absolute Gasteiger partial charge is 0.127 e. The lowest BCUT2D eigenvalue weighted by molar-refractivity contribution is -0.100. The van der Waals surface area contributed by atoms with Crippen molar-refractivity contribution in [2.24, 2.45) is 0 Å². The third-order valence-corrected chi connectivity index (χ3v) is 5.01. The van der Waals surface area contributed by atoms with Crippen LogP contribution in [0.1, 0.15) is 56.2 Å². The van der Waals surface area contributed by atoms with E-state index in [1.165, 1.54) is 17.5 Å². The molecule has 1 heterocycles. The van der Waals surface area contributed by atoms with E-state index >= 15 is 0 Å². The van der Waals surface area contributed by atoms with Crippen LogP contribution in [0.15, 0.2) is 18.2 Å². The van der Waals surface area contributed by atoms with Gasteiger partial charge in [0, 0.05) is 12.7 Å². The summed E-state index contributed by atoms with van der Waals surface area (Å²) in [5.41, 5.74) is 2.60. The third-order valence-electron chi connectivity index (χ3n) is 5.01. The highest BCUT2D eigenvalue weighted by Crippen LogP contribution is 2.47. The molecule has 1 unspecified atom stereocenters. The first-order valence-electron chi connectivity index (χ1n) is 8.34. The maximum absolute atomic E-state index is 6.03. The molecule has 0 radical (unpaired) electrons. The van der Waals surface area contributed by atoms with Crippen molar-refractivity contribution in [3.63, 3.8) is 0 Å². The summed E-state index contributed by atoms with van der Waals surface area (Å²) < 4.78 is 12.0. The fraction of sp³-hybridized carbons (Fsp3) is 0.667. The highest BCUT2D eigenvalue weighted by molar-refractivity contribution is 5.46. The summed E-state index contributed by atoms with van der Waals surface area (Å²) in [6, 6.07) is 6.83. The maximum atomic E-state index is 6.03. The van der Waals surface area contributed by atoms with Gasteiger partial charge in [-0.2, -0.15) is 0 Å². The summed E-state index contributed by atoms with van der Waals surface area (Å²) >= 11 is 0. The highest BCUT2D eigenvalue weighted by Gasteiger charge is 2.46. The first-order chi connectivity index (χ1) is 10.3. The lowest BCUT2D eigenvalue weighted by Crippen LogP contribution is -2.51. The molecule has 1 aromatic carbocycles. The van der Waals surface area contributed by atoms with Gasteiger partial charge < -0.3 is 14.8 Å². The molecule has 1 fully saturated rings. The standard InChI is InChI=1S/C18H27NO2/c1-3-12-19-17(18(20-2)10-6-11-18)15-9-4-7-14-8-5-13-21-16(14)15/h4,7,9,17,19H,3,5-6,8,10-13H2,1-2H3. The Hall–Kier alpha value is -1.06. The van der Waals surface area contributed by atoms with Gasteiger partial charge in [0.2, 0.25) is 0 Å². The van der Waals surface area contributed by atoms with E-state index in [0.29, 0.717) is 0 Å². The zero-order valence-corrected chi connectivity index (χ0v) is 13.3. The number of methoxy groups -OCH3 is 1. The predicted octanol–water partition coefficient (Wildman–Crippen LogP) is 3.62. The summed E-state index contributed by atoms with van der Waals surface area (Å²) in [5, 5.41) is 3.72. The Kier molecular flexibility index (Phi) is 4.51. The summed E-state index contributed by atoms with van der Waals surface area (Å²) in [6.07, 6.45) is 6.91. The van der Waals surface area contributed by atoms with Crippen molar-refractivity contribution in [1.29, 1.82) is 0 Å². The number of para-hydroxylation sites is 1. The second-order valence-electron chi connectivity index (χ2n) is 6.30. The minimum Gasteiger partial charge on any atom is -0.493 e. The molecule has 1 saturated carbocycles. The molecule has 1 aliphatic carbocycles. The Labute approximate surface area is 128 Å². The van der Waals surface area contributed by atoms with Crippen LogP contribution in [0.4, 0.5) is 0 Å². The van der Waals surface area contributed by atoms with Crippen LogP contribution in [0.5, 0.6) is 5.75 Å². The average Bonchev–Trinajstić information content (AvgIpc) is 2.49. The zero-order chi connectivity index (χ0) is 14.7. The molecule has 0 saturated heterocycles. The van der Waals surface area contributed by atoms with Crippen LogP contribution in [-0.4, -0.2) is 25.9 Å². The fourth-order valence-electron chi connectivity index (χ4n) is 3.65. The van der Waals surface area contributed by atoms with Crippen LogP contribution < -0.4 is 10.1 Å². The molecule has 3 heteroatoms. The molecule has 1 N–H and O–H groups in total. The number of benzene rings is 1. The van der Waals surface area contributed by atoms with Gasteiger partial charge in [-0.1, -0.05) is 25.1 Å². The second kappa shape index (κ2) is 6.37. The van der Waals surface area contributed by atoms with Crippen molar-refractivity contribution in [2.75, 3.05) is 20.3 Å². The molecule has 0 spiro atoms. The monoisotopic (exact) mass is 289 g/mol. The van der Waals surface area contributed by atoms with E-state index in [4.69, 9.17) is 9.47 Å². The van der Waals surface area contributed by atoms with Crippen molar-refractivity contribution < 1.29 is 9.47 Å². The molecular formula is C18H27NO2. The molecule has 21 heavy (non-hydrogen) atoms. The number of aryl methyl sites for hydroxylation is 1. The van der Waals surface area contributed by atoms with Crippen LogP contribution in [0, 0.1) is 0 Å². The predicted molar refractivity (Wildman–Crippen MR) is 84.9 cm³/mol. The largest absolute Gasteiger partial charge is 0.493 e. The summed E-state index contributed by atoms with van der Waals surface area (Å²) in [4.78, 5) is 0. The number of rotatable bonds is 6. The lowest BCUT2D eigenvalue weighted by Gasteiger charge is -2.47. The van der Waals surface area contributed by atoms with Gasteiger partial charge in [-0.3, -0.25) is 0 Å². The molecule has 0 bridgehead atoms. The van der Waals surface area contributed by atoms with Crippen LogP contribution in [0.2, 0.25) is 0 Å². The van der Waals surface area contributed by atoms with Gasteiger partial charge in [0.15, 0.2) is 0 Å². The zero-order valence-electron chi connectivity index (χ0n) is 13.3. The van der Waals surface area contributed by atoms with Gasteiger partial charge in [0.1, 0.15) is 5.75 Å². The Morgan fingerprint density at radius 1 is 1.33 bits per heavy atom. The van der Waals surface area contributed by atoms with E-state index in [1.54, 1.807) is 0 Å². The second-order valence-corrected chi connectivity index (χ2v) is 6.30. The third kappa shape index (κ3) is 2.69. The molecule has 3 rings (SSSR count). The molecule has 0 aromatic heterocycles. The molecule has 3 nitrogen and oxygen atoms in total. The highest BCUT2D eigenvalue weighted by atomic mass is 16.5. The minimum atomic E-state index is -0.0505. The van der Waals surface area contributed by atoms with Gasteiger partial charge in [0.25, 0.3) is 0 Å². The Bertz CT molecular complexity index is 477. The normalized spacial score (nSPS) is 21.0. The summed E-state index contributed by atoms with van der Waals surface area (Å²) in [7, 11) is 1.86. The Balaban J connectivity index is 1.96. The fourth-order valence-corrected chi connectivity index (χ4v) is 3.65. The maximum Gasteiger partial charge on any atom is 0.127 e. The topological polar surface area (TPSA) is 30.5 Å². The quantitative estimate of drug-likeness (QED) is 0.867. The lowest BCUT2D eigenvalue weighted by atomic mass is 9.71. The Morgan fingerprint density at radius 2 is 2.19 bits per heavy atom. The molecule has 2 aliphatic rings. The van der Waals surface area contributed by atoms with Gasteiger partial charge in [-0.05, 0) is 50.6 Å². The van der Waals surface area contributed by atoms with E-state index in [2.05, 4.69) is 30.4 Å². The van der Waals surface area contributed by atoms with Crippen molar-refractivity contribution in [3.8, 4) is 5.75 Å². The SMILES string of the molecule is CCCNC(c1cccc2c1OCCC2)C1(OC)CCC1.